The lowest BCUT2D eigenvalue weighted by Crippen LogP contribution is -2.04. The van der Waals surface area contributed by atoms with Crippen molar-refractivity contribution in [3.63, 3.8) is 0 Å². The molecule has 0 saturated carbocycles. The highest BCUT2D eigenvalue weighted by molar-refractivity contribution is 5.88. The van der Waals surface area contributed by atoms with Crippen LogP contribution in [0, 0.1) is 0 Å². The van der Waals surface area contributed by atoms with Crippen molar-refractivity contribution in [2.75, 3.05) is 0 Å². The van der Waals surface area contributed by atoms with E-state index in [-0.39, 0.29) is 17.6 Å². The van der Waals surface area contributed by atoms with Gasteiger partial charge in [0.2, 0.25) is 0 Å². The number of aromatic carboxylic acids is 1. The average Bonchev–Trinajstić information content (AvgIpc) is 2.34. The quantitative estimate of drug-likeness (QED) is 0.618. The normalized spacial score (nSPS) is 11.7. The summed E-state index contributed by atoms with van der Waals surface area (Å²) < 4.78 is 0. The molecule has 0 aromatic heterocycles. The molecule has 0 saturated heterocycles. The van der Waals surface area contributed by atoms with Crippen LogP contribution in [0.25, 0.3) is 0 Å². The molecular weight excluding hydrogens is 232 g/mol. The van der Waals surface area contributed by atoms with Crippen LogP contribution in [0.1, 0.15) is 22.8 Å². The summed E-state index contributed by atoms with van der Waals surface area (Å²) in [4.78, 5) is 21.7. The highest BCUT2D eigenvalue weighted by Crippen LogP contribution is 2.10. The van der Waals surface area contributed by atoms with E-state index >= 15 is 0 Å². The Balaban J connectivity index is 2.88. The fourth-order valence-electron chi connectivity index (χ4n) is 1.40. The second-order valence-corrected chi connectivity index (χ2v) is 3.70. The number of carboxylic acid groups (broad SMARTS) is 2. The molecule has 0 aliphatic heterocycles. The Morgan fingerprint density at radius 3 is 2.22 bits per heavy atom. The minimum absolute atomic E-state index is 0.188. The fraction of sp³-hybridized carbons (Fsp3) is 0.143. The van der Waals surface area contributed by atoms with Gasteiger partial charge in [0.25, 0.3) is 0 Å². The van der Waals surface area contributed by atoms with Gasteiger partial charge in [0.15, 0.2) is 0 Å². The number of carbonyl (C=O) groups is 2. The van der Waals surface area contributed by atoms with Gasteiger partial charge in [-0.15, -0.1) is 0 Å². The minimum Gasteiger partial charge on any atom is -0.478 e. The molecule has 0 spiro atoms. The molecule has 2 N–H and O–H groups in total. The number of carboxylic acids is 2. The van der Waals surface area contributed by atoms with Crippen molar-refractivity contribution in [2.24, 2.45) is 0 Å². The molecule has 0 aliphatic rings. The van der Waals surface area contributed by atoms with Crippen molar-refractivity contribution < 1.29 is 19.8 Å². The van der Waals surface area contributed by atoms with E-state index in [1.807, 2.05) is 0 Å². The van der Waals surface area contributed by atoms with Gasteiger partial charge in [-0.25, -0.2) is 9.59 Å². The van der Waals surface area contributed by atoms with Gasteiger partial charge in [-0.3, -0.25) is 0 Å². The van der Waals surface area contributed by atoms with Crippen molar-refractivity contribution in [2.45, 2.75) is 13.3 Å². The van der Waals surface area contributed by atoms with Gasteiger partial charge >= 0.3 is 11.9 Å². The van der Waals surface area contributed by atoms with Crippen molar-refractivity contribution in [1.82, 2.24) is 0 Å². The van der Waals surface area contributed by atoms with Crippen LogP contribution in [0.3, 0.4) is 0 Å². The number of rotatable bonds is 5. The summed E-state index contributed by atoms with van der Waals surface area (Å²) in [6, 6.07) is 6.17. The maximum absolute atomic E-state index is 11.0. The highest BCUT2D eigenvalue weighted by atomic mass is 16.4. The fourth-order valence-corrected chi connectivity index (χ4v) is 1.40. The Bertz CT molecular complexity index is 495. The van der Waals surface area contributed by atoms with Gasteiger partial charge in [0.05, 0.1) is 5.56 Å². The first-order chi connectivity index (χ1) is 8.54. The van der Waals surface area contributed by atoms with E-state index < -0.39 is 11.9 Å². The summed E-state index contributed by atoms with van der Waals surface area (Å²) in [5, 5.41) is 17.8. The summed E-state index contributed by atoms with van der Waals surface area (Å²) in [5.74, 6) is -1.97. The van der Waals surface area contributed by atoms with Gasteiger partial charge in [0, 0.05) is 12.0 Å². The molecule has 4 heteroatoms. The van der Waals surface area contributed by atoms with Gasteiger partial charge in [-0.1, -0.05) is 30.4 Å². The van der Waals surface area contributed by atoms with Crippen LogP contribution in [0.15, 0.2) is 48.1 Å². The van der Waals surface area contributed by atoms with E-state index in [1.165, 1.54) is 18.2 Å². The number of benzene rings is 1. The molecule has 0 unspecified atom stereocenters. The summed E-state index contributed by atoms with van der Waals surface area (Å²) >= 11 is 0. The zero-order valence-electron chi connectivity index (χ0n) is 9.96. The lowest BCUT2D eigenvalue weighted by Gasteiger charge is -2.03. The molecule has 0 amide bonds. The summed E-state index contributed by atoms with van der Waals surface area (Å²) in [6.45, 7) is 1.80. The van der Waals surface area contributed by atoms with Crippen LogP contribution in [0.2, 0.25) is 0 Å². The zero-order chi connectivity index (χ0) is 13.5. The summed E-state index contributed by atoms with van der Waals surface area (Å²) in [6.07, 6.45) is 5.21. The predicted molar refractivity (Wildman–Crippen MR) is 67.6 cm³/mol. The van der Waals surface area contributed by atoms with Gasteiger partial charge in [0.1, 0.15) is 0 Å². The van der Waals surface area contributed by atoms with E-state index in [4.69, 9.17) is 10.2 Å². The summed E-state index contributed by atoms with van der Waals surface area (Å²) in [5.41, 5.74) is 1.21. The SMILES string of the molecule is C/C=C/C=C(\Cc1ccc(C(=O)O)cc1)C(=O)O. The van der Waals surface area contributed by atoms with Crippen LogP contribution in [0.4, 0.5) is 0 Å². The molecule has 4 nitrogen and oxygen atoms in total. The van der Waals surface area contributed by atoms with Crippen LogP contribution < -0.4 is 0 Å². The van der Waals surface area contributed by atoms with E-state index in [0.717, 1.165) is 5.56 Å². The molecule has 94 valence electrons. The Morgan fingerprint density at radius 1 is 1.17 bits per heavy atom. The second-order valence-electron chi connectivity index (χ2n) is 3.70. The number of allylic oxidation sites excluding steroid dienone is 3. The molecule has 18 heavy (non-hydrogen) atoms. The monoisotopic (exact) mass is 246 g/mol. The molecule has 1 aromatic rings. The van der Waals surface area contributed by atoms with E-state index in [1.54, 1.807) is 31.2 Å². The first kappa shape index (κ1) is 13.7. The third-order valence-electron chi connectivity index (χ3n) is 2.36. The predicted octanol–water partition coefficient (Wildman–Crippen LogP) is 2.51. The lowest BCUT2D eigenvalue weighted by molar-refractivity contribution is -0.132. The van der Waals surface area contributed by atoms with Crippen LogP contribution in [-0.2, 0) is 11.2 Å². The largest absolute Gasteiger partial charge is 0.478 e. The first-order valence-corrected chi connectivity index (χ1v) is 5.42. The average molecular weight is 246 g/mol. The van der Waals surface area contributed by atoms with Crippen molar-refractivity contribution in [3.8, 4) is 0 Å². The third-order valence-corrected chi connectivity index (χ3v) is 2.36. The van der Waals surface area contributed by atoms with Crippen molar-refractivity contribution in [1.29, 1.82) is 0 Å². The molecular formula is C14H14O4. The molecule has 0 atom stereocenters. The minimum atomic E-state index is -0.996. The standard InChI is InChI=1S/C14H14O4/c1-2-3-4-12(14(17)18)9-10-5-7-11(8-6-10)13(15)16/h2-8H,9H2,1H3,(H,15,16)(H,17,18)/b3-2+,12-4+. The number of hydrogen-bond acceptors (Lipinski definition) is 2. The number of aliphatic carboxylic acids is 1. The Kier molecular flexibility index (Phi) is 4.87. The van der Waals surface area contributed by atoms with Crippen LogP contribution in [0.5, 0.6) is 0 Å². The maximum Gasteiger partial charge on any atom is 0.335 e. The molecule has 0 aliphatic carbocycles. The third kappa shape index (κ3) is 3.90. The molecule has 0 fully saturated rings. The zero-order valence-corrected chi connectivity index (χ0v) is 9.96. The van der Waals surface area contributed by atoms with Gasteiger partial charge in [-0.05, 0) is 24.6 Å². The molecule has 1 aromatic carbocycles. The topological polar surface area (TPSA) is 74.6 Å². The smallest absolute Gasteiger partial charge is 0.335 e. The maximum atomic E-state index is 11.0. The number of hydrogen-bond donors (Lipinski definition) is 2. The van der Waals surface area contributed by atoms with Crippen molar-refractivity contribution >= 4 is 11.9 Å². The molecule has 0 radical (unpaired) electrons. The summed E-state index contributed by atoms with van der Waals surface area (Å²) in [7, 11) is 0. The molecule has 0 heterocycles. The van der Waals surface area contributed by atoms with E-state index in [9.17, 15) is 9.59 Å². The lowest BCUT2D eigenvalue weighted by atomic mass is 10.0. The Morgan fingerprint density at radius 2 is 1.78 bits per heavy atom. The highest BCUT2D eigenvalue weighted by Gasteiger charge is 2.08. The van der Waals surface area contributed by atoms with Crippen molar-refractivity contribution in [3.05, 3.63) is 59.2 Å². The van der Waals surface area contributed by atoms with Crippen LogP contribution in [-0.4, -0.2) is 22.2 Å². The molecule has 1 rings (SSSR count). The van der Waals surface area contributed by atoms with Gasteiger partial charge < -0.3 is 10.2 Å². The van der Waals surface area contributed by atoms with Crippen LogP contribution >= 0.6 is 0 Å². The molecule has 0 bridgehead atoms. The van der Waals surface area contributed by atoms with E-state index in [2.05, 4.69) is 0 Å². The second kappa shape index (κ2) is 6.39. The Hall–Kier alpha value is -2.36. The first-order valence-electron chi connectivity index (χ1n) is 5.42. The van der Waals surface area contributed by atoms with Gasteiger partial charge in [-0.2, -0.15) is 0 Å². The van der Waals surface area contributed by atoms with E-state index in [0.29, 0.717) is 0 Å². The Labute approximate surface area is 105 Å².